The summed E-state index contributed by atoms with van der Waals surface area (Å²) in [5.74, 6) is 3.18. The van der Waals surface area contributed by atoms with Crippen molar-refractivity contribution in [1.29, 1.82) is 0 Å². The Balaban J connectivity index is 1.40. The first kappa shape index (κ1) is 24.4. The van der Waals surface area contributed by atoms with Crippen molar-refractivity contribution in [3.05, 3.63) is 12.2 Å². The smallest absolute Gasteiger partial charge is 0.0594 e. The van der Waals surface area contributed by atoms with Crippen LogP contribution in [0.5, 0.6) is 0 Å². The molecule has 5 fully saturated rings. The van der Waals surface area contributed by atoms with E-state index in [1.165, 1.54) is 56.9 Å². The van der Waals surface area contributed by atoms with Crippen LogP contribution in [0.15, 0.2) is 12.2 Å². The van der Waals surface area contributed by atoms with E-state index >= 15 is 0 Å². The zero-order valence-corrected chi connectivity index (χ0v) is 22.6. The van der Waals surface area contributed by atoms with Crippen LogP contribution in [0.4, 0.5) is 0 Å². The fraction of sp³-hybridized carbons (Fsp3) is 0.935. The lowest BCUT2D eigenvalue weighted by molar-refractivity contribution is -0.162. The van der Waals surface area contributed by atoms with Crippen LogP contribution in [0.25, 0.3) is 0 Å². The second kappa shape index (κ2) is 7.58. The van der Waals surface area contributed by atoms with Crippen molar-refractivity contribution >= 4 is 0 Å². The van der Waals surface area contributed by atoms with Crippen LogP contribution in [0, 0.1) is 56.7 Å². The minimum absolute atomic E-state index is 0.0768. The summed E-state index contributed by atoms with van der Waals surface area (Å²) in [6, 6.07) is 0. The quantitative estimate of drug-likeness (QED) is 0.409. The van der Waals surface area contributed by atoms with Gasteiger partial charge in [0.25, 0.3) is 0 Å². The van der Waals surface area contributed by atoms with E-state index in [0.29, 0.717) is 51.9 Å². The Morgan fingerprint density at radius 3 is 2.21 bits per heavy atom. The molecule has 2 N–H and O–H groups in total. The molecule has 188 valence electrons. The Hall–Kier alpha value is -0.340. The van der Waals surface area contributed by atoms with Gasteiger partial charge < -0.3 is 10.2 Å². The van der Waals surface area contributed by atoms with Crippen LogP contribution in [-0.4, -0.2) is 22.9 Å². The van der Waals surface area contributed by atoms with Crippen molar-refractivity contribution < 1.29 is 10.2 Å². The van der Waals surface area contributed by atoms with E-state index in [9.17, 15) is 10.2 Å². The fourth-order valence-corrected chi connectivity index (χ4v) is 11.2. The molecule has 0 bridgehead atoms. The van der Waals surface area contributed by atoms with Gasteiger partial charge in [-0.15, -0.1) is 0 Å². The van der Waals surface area contributed by atoms with Crippen LogP contribution < -0.4 is 0 Å². The number of hydrogen-bond donors (Lipinski definition) is 2. The van der Waals surface area contributed by atoms with E-state index in [1.54, 1.807) is 0 Å². The monoisotopic (exact) mass is 456 g/mol. The Kier molecular flexibility index (Phi) is 5.60. The lowest BCUT2D eigenvalue weighted by atomic mass is 9.41. The third kappa shape index (κ3) is 2.98. The topological polar surface area (TPSA) is 40.5 Å². The summed E-state index contributed by atoms with van der Waals surface area (Å²) in [6.45, 7) is 19.2. The third-order valence-corrected chi connectivity index (χ3v) is 13.6. The standard InChI is InChI=1S/C31H52O2/c1-20(2)21(3)8-9-22(18-32)23-12-14-29(7)25-11-10-24-27(4,5)26(33)13-15-30(24)19-31(25,30)17-16-28(23,29)6/h20,22-26,32-33H,3,8-19H2,1-2,4-7H3/t22?,23-,24?,25+,26+,28-,29?,30-,31+/m1/s1. The molecular formula is C31H52O2. The molecule has 2 spiro atoms. The van der Waals surface area contributed by atoms with Crippen molar-refractivity contribution in [1.82, 2.24) is 0 Å². The summed E-state index contributed by atoms with van der Waals surface area (Å²) >= 11 is 0. The predicted molar refractivity (Wildman–Crippen MR) is 137 cm³/mol. The number of fused-ring (bicyclic) bond motifs is 2. The average Bonchev–Trinajstić information content (AvgIpc) is 3.35. The minimum atomic E-state index is -0.117. The van der Waals surface area contributed by atoms with E-state index in [4.69, 9.17) is 0 Å². The van der Waals surface area contributed by atoms with Crippen molar-refractivity contribution in [3.8, 4) is 0 Å². The molecule has 0 heterocycles. The van der Waals surface area contributed by atoms with E-state index in [-0.39, 0.29) is 11.5 Å². The summed E-state index contributed by atoms with van der Waals surface area (Å²) in [7, 11) is 0. The van der Waals surface area contributed by atoms with Gasteiger partial charge in [0, 0.05) is 6.61 Å². The first-order valence-electron chi connectivity index (χ1n) is 14.4. The van der Waals surface area contributed by atoms with Crippen molar-refractivity contribution in [2.24, 2.45) is 56.7 Å². The van der Waals surface area contributed by atoms with Crippen molar-refractivity contribution in [3.63, 3.8) is 0 Å². The lowest BCUT2D eigenvalue weighted by Crippen LogP contribution is -2.57. The highest BCUT2D eigenvalue weighted by atomic mass is 16.3. The Morgan fingerprint density at radius 2 is 1.55 bits per heavy atom. The van der Waals surface area contributed by atoms with E-state index in [0.717, 1.165) is 25.2 Å². The van der Waals surface area contributed by atoms with Gasteiger partial charge in [-0.2, -0.15) is 0 Å². The van der Waals surface area contributed by atoms with Crippen LogP contribution in [0.2, 0.25) is 0 Å². The Bertz CT molecular complexity index is 799. The Labute approximate surface area is 204 Å². The molecule has 0 aliphatic heterocycles. The van der Waals surface area contributed by atoms with Gasteiger partial charge in [-0.1, -0.05) is 53.7 Å². The van der Waals surface area contributed by atoms with Gasteiger partial charge in [-0.3, -0.25) is 0 Å². The van der Waals surface area contributed by atoms with Gasteiger partial charge in [-0.25, -0.2) is 0 Å². The molecule has 0 aromatic heterocycles. The van der Waals surface area contributed by atoms with Gasteiger partial charge in [0.15, 0.2) is 0 Å². The van der Waals surface area contributed by atoms with Crippen LogP contribution in [-0.2, 0) is 0 Å². The van der Waals surface area contributed by atoms with Crippen molar-refractivity contribution in [2.75, 3.05) is 6.61 Å². The van der Waals surface area contributed by atoms with Gasteiger partial charge in [0.2, 0.25) is 0 Å². The molecular weight excluding hydrogens is 404 g/mol. The second-order valence-corrected chi connectivity index (χ2v) is 14.8. The number of aliphatic hydroxyl groups excluding tert-OH is 2. The zero-order chi connectivity index (χ0) is 24.0. The molecule has 5 saturated carbocycles. The van der Waals surface area contributed by atoms with Crippen molar-refractivity contribution in [2.45, 2.75) is 118 Å². The summed E-state index contributed by atoms with van der Waals surface area (Å²) < 4.78 is 0. The van der Waals surface area contributed by atoms with E-state index in [1.807, 2.05) is 0 Å². The normalized spacial score (nSPS) is 50.7. The average molecular weight is 457 g/mol. The van der Waals surface area contributed by atoms with E-state index < -0.39 is 0 Å². The number of allylic oxidation sites excluding steroid dienone is 1. The fourth-order valence-electron chi connectivity index (χ4n) is 11.2. The Morgan fingerprint density at radius 1 is 0.879 bits per heavy atom. The summed E-state index contributed by atoms with van der Waals surface area (Å²) in [5.41, 5.74) is 3.27. The van der Waals surface area contributed by atoms with Gasteiger partial charge in [-0.05, 0) is 127 Å². The molecule has 0 radical (unpaired) electrons. The number of aliphatic hydroxyl groups is 2. The molecule has 2 heteroatoms. The molecule has 9 atom stereocenters. The zero-order valence-electron chi connectivity index (χ0n) is 22.6. The first-order valence-corrected chi connectivity index (χ1v) is 14.4. The van der Waals surface area contributed by atoms with Gasteiger partial charge >= 0.3 is 0 Å². The minimum Gasteiger partial charge on any atom is -0.396 e. The maximum Gasteiger partial charge on any atom is 0.0594 e. The van der Waals surface area contributed by atoms with E-state index in [2.05, 4.69) is 48.1 Å². The highest BCUT2D eigenvalue weighted by Crippen LogP contribution is 2.89. The predicted octanol–water partition coefficient (Wildman–Crippen LogP) is 7.39. The second-order valence-electron chi connectivity index (χ2n) is 14.8. The van der Waals surface area contributed by atoms with Crippen LogP contribution in [0.3, 0.4) is 0 Å². The number of hydrogen-bond acceptors (Lipinski definition) is 2. The summed E-state index contributed by atoms with van der Waals surface area (Å²) in [4.78, 5) is 0. The highest BCUT2D eigenvalue weighted by molar-refractivity contribution is 5.30. The summed E-state index contributed by atoms with van der Waals surface area (Å²) in [6.07, 6.45) is 13.9. The SMILES string of the molecule is C=C(CCC(CO)[C@H]1CCC2(C)[C@@H]3CCC4C(C)(C)[C@@H](O)CC[C@@]45C[C@@]35CC[C@]12C)C(C)C. The molecule has 5 rings (SSSR count). The summed E-state index contributed by atoms with van der Waals surface area (Å²) in [5, 5.41) is 21.4. The molecule has 0 aromatic rings. The molecule has 0 aromatic carbocycles. The highest BCUT2D eigenvalue weighted by Gasteiger charge is 2.82. The maximum absolute atomic E-state index is 10.9. The first-order chi connectivity index (χ1) is 15.4. The molecule has 5 aliphatic rings. The lowest BCUT2D eigenvalue weighted by Gasteiger charge is -2.63. The molecule has 33 heavy (non-hydrogen) atoms. The molecule has 0 amide bonds. The van der Waals surface area contributed by atoms with Crippen LogP contribution in [0.1, 0.15) is 112 Å². The maximum atomic E-state index is 10.9. The molecule has 3 unspecified atom stereocenters. The molecule has 5 aliphatic carbocycles. The van der Waals surface area contributed by atoms with Crippen LogP contribution >= 0.6 is 0 Å². The van der Waals surface area contributed by atoms with Gasteiger partial charge in [0.1, 0.15) is 0 Å². The van der Waals surface area contributed by atoms with Gasteiger partial charge in [0.05, 0.1) is 6.10 Å². The number of rotatable bonds is 6. The molecule has 0 saturated heterocycles. The third-order valence-electron chi connectivity index (χ3n) is 13.6. The largest absolute Gasteiger partial charge is 0.396 e. The molecule has 2 nitrogen and oxygen atoms in total.